The lowest BCUT2D eigenvalue weighted by Crippen LogP contribution is -2.44. The molecule has 0 radical (unpaired) electrons. The van der Waals surface area contributed by atoms with E-state index in [-0.39, 0.29) is 11.8 Å². The summed E-state index contributed by atoms with van der Waals surface area (Å²) in [6.45, 7) is 5.94. The van der Waals surface area contributed by atoms with Crippen LogP contribution in [0.5, 0.6) is 0 Å². The van der Waals surface area contributed by atoms with E-state index >= 15 is 0 Å². The van der Waals surface area contributed by atoms with Gasteiger partial charge in [-0.25, -0.2) is 0 Å². The number of halogens is 2. The zero-order valence-electron chi connectivity index (χ0n) is 10.8. The number of nitrogens with one attached hydrogen (secondary N) is 1. The second-order valence-electron chi connectivity index (χ2n) is 4.88. The maximum absolute atomic E-state index is 11.9. The molecule has 1 aromatic carbocycles. The number of carbonyl (C=O) groups excluding carboxylic acids is 1. The second-order valence-corrected chi connectivity index (χ2v) is 5.69. The smallest absolute Gasteiger partial charge is 0.224 e. The Morgan fingerprint density at radius 1 is 1.39 bits per heavy atom. The molecular weight excluding hydrogens is 271 g/mol. The van der Waals surface area contributed by atoms with Gasteiger partial charge >= 0.3 is 0 Å². The van der Waals surface area contributed by atoms with Gasteiger partial charge in [0.05, 0.1) is 15.6 Å². The van der Waals surface area contributed by atoms with E-state index in [2.05, 4.69) is 5.32 Å². The Morgan fingerprint density at radius 3 is 2.50 bits per heavy atom. The minimum Gasteiger partial charge on any atom is -0.347 e. The Kier molecular flexibility index (Phi) is 5.02. The highest BCUT2D eigenvalue weighted by molar-refractivity contribution is 6.42. The lowest BCUT2D eigenvalue weighted by Gasteiger charge is -2.28. The molecule has 1 amide bonds. The highest BCUT2D eigenvalue weighted by Crippen LogP contribution is 2.28. The van der Waals surface area contributed by atoms with E-state index in [4.69, 9.17) is 28.9 Å². The first kappa shape index (κ1) is 15.3. The van der Waals surface area contributed by atoms with E-state index in [0.29, 0.717) is 16.6 Å². The van der Waals surface area contributed by atoms with Crippen LogP contribution in [0.1, 0.15) is 26.3 Å². The average molecular weight is 289 g/mol. The maximum Gasteiger partial charge on any atom is 0.224 e. The molecule has 1 atom stereocenters. The quantitative estimate of drug-likeness (QED) is 0.895. The largest absolute Gasteiger partial charge is 0.347 e. The number of benzene rings is 1. The number of rotatable bonds is 4. The molecule has 0 bridgehead atoms. The molecule has 0 fully saturated rings. The summed E-state index contributed by atoms with van der Waals surface area (Å²) in [5.74, 6) is -0.291. The van der Waals surface area contributed by atoms with Gasteiger partial charge < -0.3 is 11.1 Å². The van der Waals surface area contributed by atoms with Crippen molar-refractivity contribution in [2.24, 2.45) is 11.7 Å². The Morgan fingerprint density at radius 2 is 2.00 bits per heavy atom. The number of hydrogen-bond acceptors (Lipinski definition) is 2. The standard InChI is InChI=1S/C13H18Cl2N2O/c1-8(7-16)12(18)17-13(2,3)9-4-5-10(14)11(15)6-9/h4-6,8H,7,16H2,1-3H3,(H,17,18). The molecule has 0 aliphatic rings. The lowest BCUT2D eigenvalue weighted by molar-refractivity contribution is -0.125. The summed E-state index contributed by atoms with van der Waals surface area (Å²) in [5.41, 5.74) is 5.85. The number of hydrogen-bond donors (Lipinski definition) is 2. The molecule has 1 aromatic rings. The fourth-order valence-corrected chi connectivity index (χ4v) is 1.79. The van der Waals surface area contributed by atoms with Crippen LogP contribution in [-0.4, -0.2) is 12.5 Å². The lowest BCUT2D eigenvalue weighted by atomic mass is 9.93. The Hall–Kier alpha value is -0.770. The molecule has 5 heteroatoms. The molecule has 18 heavy (non-hydrogen) atoms. The van der Waals surface area contributed by atoms with Gasteiger partial charge in [0, 0.05) is 12.5 Å². The van der Waals surface area contributed by atoms with E-state index in [1.165, 1.54) is 0 Å². The van der Waals surface area contributed by atoms with Crippen molar-refractivity contribution in [3.8, 4) is 0 Å². The van der Waals surface area contributed by atoms with Crippen molar-refractivity contribution in [3.63, 3.8) is 0 Å². The van der Waals surface area contributed by atoms with Crippen LogP contribution in [0.15, 0.2) is 18.2 Å². The van der Waals surface area contributed by atoms with Crippen molar-refractivity contribution in [1.29, 1.82) is 0 Å². The van der Waals surface area contributed by atoms with Crippen molar-refractivity contribution in [1.82, 2.24) is 5.32 Å². The molecule has 0 heterocycles. The van der Waals surface area contributed by atoms with Gasteiger partial charge in [0.2, 0.25) is 5.91 Å². The molecule has 0 saturated carbocycles. The van der Waals surface area contributed by atoms with E-state index in [0.717, 1.165) is 5.56 Å². The fourth-order valence-electron chi connectivity index (χ4n) is 1.50. The van der Waals surface area contributed by atoms with Crippen LogP contribution in [0.3, 0.4) is 0 Å². The Labute approximate surface area is 118 Å². The van der Waals surface area contributed by atoms with E-state index in [1.807, 2.05) is 19.9 Å². The summed E-state index contributed by atoms with van der Waals surface area (Å²) in [4.78, 5) is 11.9. The first-order valence-corrected chi connectivity index (χ1v) is 6.51. The van der Waals surface area contributed by atoms with Crippen molar-refractivity contribution < 1.29 is 4.79 Å². The topological polar surface area (TPSA) is 55.1 Å². The minimum absolute atomic E-state index is 0.0754. The van der Waals surface area contributed by atoms with Crippen LogP contribution in [0.25, 0.3) is 0 Å². The van der Waals surface area contributed by atoms with Gasteiger partial charge in [-0.2, -0.15) is 0 Å². The Balaban J connectivity index is 2.92. The summed E-state index contributed by atoms with van der Waals surface area (Å²) in [6, 6.07) is 5.33. The van der Waals surface area contributed by atoms with Crippen LogP contribution >= 0.6 is 23.2 Å². The molecule has 3 nitrogen and oxygen atoms in total. The van der Waals surface area contributed by atoms with Crippen molar-refractivity contribution in [2.45, 2.75) is 26.3 Å². The minimum atomic E-state index is -0.519. The molecular formula is C13H18Cl2N2O. The number of carbonyl (C=O) groups is 1. The van der Waals surface area contributed by atoms with E-state index in [9.17, 15) is 4.79 Å². The van der Waals surface area contributed by atoms with Crippen LogP contribution in [0.2, 0.25) is 10.0 Å². The van der Waals surface area contributed by atoms with Crippen molar-refractivity contribution in [3.05, 3.63) is 33.8 Å². The maximum atomic E-state index is 11.9. The fraction of sp³-hybridized carbons (Fsp3) is 0.462. The van der Waals surface area contributed by atoms with Crippen LogP contribution in [0, 0.1) is 5.92 Å². The van der Waals surface area contributed by atoms with Crippen LogP contribution < -0.4 is 11.1 Å². The highest BCUT2D eigenvalue weighted by atomic mass is 35.5. The second kappa shape index (κ2) is 5.91. The molecule has 0 saturated heterocycles. The number of amides is 1. The normalized spacial score (nSPS) is 13.2. The van der Waals surface area contributed by atoms with Gasteiger partial charge in [0.15, 0.2) is 0 Å². The summed E-state index contributed by atoms with van der Waals surface area (Å²) in [6.07, 6.45) is 0. The molecule has 0 aliphatic carbocycles. The molecule has 0 aliphatic heterocycles. The average Bonchev–Trinajstić information content (AvgIpc) is 2.30. The van der Waals surface area contributed by atoms with Crippen molar-refractivity contribution >= 4 is 29.1 Å². The molecule has 1 unspecified atom stereocenters. The summed E-state index contributed by atoms with van der Waals surface area (Å²) in [7, 11) is 0. The Bertz CT molecular complexity index is 447. The van der Waals surface area contributed by atoms with Crippen molar-refractivity contribution in [2.75, 3.05) is 6.54 Å². The van der Waals surface area contributed by atoms with Crippen LogP contribution in [-0.2, 0) is 10.3 Å². The third-order valence-corrected chi connectivity index (χ3v) is 3.62. The van der Waals surface area contributed by atoms with Gasteiger partial charge in [-0.15, -0.1) is 0 Å². The molecule has 0 aromatic heterocycles. The predicted molar refractivity (Wildman–Crippen MR) is 75.8 cm³/mol. The monoisotopic (exact) mass is 288 g/mol. The van der Waals surface area contributed by atoms with Gasteiger partial charge in [-0.3, -0.25) is 4.79 Å². The molecule has 1 rings (SSSR count). The highest BCUT2D eigenvalue weighted by Gasteiger charge is 2.25. The summed E-state index contributed by atoms with van der Waals surface area (Å²) < 4.78 is 0. The van der Waals surface area contributed by atoms with Gasteiger partial charge in [0.25, 0.3) is 0 Å². The van der Waals surface area contributed by atoms with Gasteiger partial charge in [0.1, 0.15) is 0 Å². The van der Waals surface area contributed by atoms with E-state index < -0.39 is 5.54 Å². The first-order valence-electron chi connectivity index (χ1n) is 5.75. The first-order chi connectivity index (χ1) is 8.27. The third kappa shape index (κ3) is 3.61. The molecule has 0 spiro atoms. The number of nitrogens with two attached hydrogens (primary N) is 1. The SMILES string of the molecule is CC(CN)C(=O)NC(C)(C)c1ccc(Cl)c(Cl)c1. The predicted octanol–water partition coefficient (Wildman–Crippen LogP) is 2.94. The third-order valence-electron chi connectivity index (χ3n) is 2.88. The van der Waals surface area contributed by atoms with Gasteiger partial charge in [-0.1, -0.05) is 36.2 Å². The zero-order valence-corrected chi connectivity index (χ0v) is 12.3. The van der Waals surface area contributed by atoms with Gasteiger partial charge in [-0.05, 0) is 31.5 Å². The zero-order chi connectivity index (χ0) is 13.9. The molecule has 3 N–H and O–H groups in total. The molecule has 100 valence electrons. The van der Waals surface area contributed by atoms with E-state index in [1.54, 1.807) is 19.1 Å². The summed E-state index contributed by atoms with van der Waals surface area (Å²) in [5, 5.41) is 3.92. The summed E-state index contributed by atoms with van der Waals surface area (Å²) >= 11 is 11.9. The van der Waals surface area contributed by atoms with Crippen LogP contribution in [0.4, 0.5) is 0 Å².